The van der Waals surface area contributed by atoms with Gasteiger partial charge in [-0.1, -0.05) is 30.3 Å². The largest absolute Gasteiger partial charge is 0.480 e. The van der Waals surface area contributed by atoms with E-state index in [2.05, 4.69) is 5.32 Å². The van der Waals surface area contributed by atoms with E-state index in [1.54, 1.807) is 30.3 Å². The van der Waals surface area contributed by atoms with Crippen LogP contribution >= 0.6 is 0 Å². The molecule has 1 rings (SSSR count). The highest BCUT2D eigenvalue weighted by molar-refractivity contribution is 5.87. The van der Waals surface area contributed by atoms with Gasteiger partial charge in [-0.2, -0.15) is 0 Å². The Kier molecular flexibility index (Phi) is 6.55. The van der Waals surface area contributed by atoms with Crippen LogP contribution in [0, 0.1) is 0 Å². The molecule has 1 amide bonds. The van der Waals surface area contributed by atoms with Crippen LogP contribution in [0.2, 0.25) is 0 Å². The molecule has 0 saturated heterocycles. The zero-order valence-corrected chi connectivity index (χ0v) is 12.0. The van der Waals surface area contributed by atoms with E-state index < -0.39 is 24.0 Å². The molecule has 21 heavy (non-hydrogen) atoms. The van der Waals surface area contributed by atoms with Crippen LogP contribution in [0.25, 0.3) is 0 Å². The van der Waals surface area contributed by atoms with Gasteiger partial charge in [0, 0.05) is 13.5 Å². The van der Waals surface area contributed by atoms with Crippen molar-refractivity contribution in [2.45, 2.75) is 31.9 Å². The van der Waals surface area contributed by atoms with Crippen LogP contribution in [-0.2, 0) is 19.1 Å². The van der Waals surface area contributed by atoms with Crippen molar-refractivity contribution in [3.63, 3.8) is 0 Å². The number of hydrogen-bond donors (Lipinski definition) is 2. The van der Waals surface area contributed by atoms with Crippen LogP contribution in [0.4, 0.5) is 0 Å². The van der Waals surface area contributed by atoms with Crippen LogP contribution in [0.3, 0.4) is 0 Å². The van der Waals surface area contributed by atoms with E-state index >= 15 is 0 Å². The molecule has 2 atom stereocenters. The molecule has 0 bridgehead atoms. The van der Waals surface area contributed by atoms with Crippen LogP contribution in [-0.4, -0.2) is 35.9 Å². The summed E-state index contributed by atoms with van der Waals surface area (Å²) in [6, 6.07) is 7.67. The second-order valence-electron chi connectivity index (χ2n) is 4.67. The first-order valence-corrected chi connectivity index (χ1v) is 6.56. The lowest BCUT2D eigenvalue weighted by Crippen LogP contribution is -2.43. The highest BCUT2D eigenvalue weighted by atomic mass is 16.5. The van der Waals surface area contributed by atoms with Gasteiger partial charge in [-0.3, -0.25) is 4.79 Å². The summed E-state index contributed by atoms with van der Waals surface area (Å²) in [5, 5.41) is 11.5. The van der Waals surface area contributed by atoms with E-state index in [-0.39, 0.29) is 18.6 Å². The van der Waals surface area contributed by atoms with E-state index in [1.165, 1.54) is 14.0 Å². The zero-order valence-electron chi connectivity index (χ0n) is 12.0. The summed E-state index contributed by atoms with van der Waals surface area (Å²) in [6.07, 6.45) is -0.729. The summed E-state index contributed by atoms with van der Waals surface area (Å²) in [4.78, 5) is 34.2. The van der Waals surface area contributed by atoms with Crippen molar-refractivity contribution in [2.24, 2.45) is 0 Å². The minimum atomic E-state index is -1.17. The maximum atomic E-state index is 12.1. The Hall–Kier alpha value is -2.21. The van der Waals surface area contributed by atoms with Gasteiger partial charge in [-0.25, -0.2) is 4.79 Å². The summed E-state index contributed by atoms with van der Waals surface area (Å²) >= 11 is 0. The van der Waals surface area contributed by atoms with Crippen molar-refractivity contribution in [1.82, 2.24) is 5.32 Å². The van der Waals surface area contributed by atoms with E-state index in [4.69, 9.17) is 9.84 Å². The molecular formula is C15H19NO5. The summed E-state index contributed by atoms with van der Waals surface area (Å²) in [5.41, 5.74) is 0.633. The number of hydrogen-bond acceptors (Lipinski definition) is 4. The van der Waals surface area contributed by atoms with Gasteiger partial charge in [0.25, 0.3) is 5.91 Å². The summed E-state index contributed by atoms with van der Waals surface area (Å²) in [7, 11) is 1.38. The van der Waals surface area contributed by atoms with Gasteiger partial charge in [0.2, 0.25) is 0 Å². The first kappa shape index (κ1) is 16.8. The number of carbonyl (C=O) groups is 3. The molecule has 0 saturated carbocycles. The SMILES string of the molecule is CO[C@@H](C(=O)N[C@@H](CCC(C)=O)C(=O)O)c1ccccc1. The van der Waals surface area contributed by atoms with Gasteiger partial charge in [-0.15, -0.1) is 0 Å². The summed E-state index contributed by atoms with van der Waals surface area (Å²) in [6.45, 7) is 1.38. The van der Waals surface area contributed by atoms with Crippen LogP contribution in [0.5, 0.6) is 0 Å². The standard InChI is InChI=1S/C15H19NO5/c1-10(17)8-9-12(15(19)20)16-14(18)13(21-2)11-6-4-3-5-7-11/h3-7,12-13H,8-9H2,1-2H3,(H,16,18)(H,19,20)/t12-,13+/m0/s1. The molecule has 0 aromatic heterocycles. The molecule has 6 nitrogen and oxygen atoms in total. The number of ketones is 1. The van der Waals surface area contributed by atoms with Crippen molar-refractivity contribution >= 4 is 17.7 Å². The fraction of sp³-hybridized carbons (Fsp3) is 0.400. The molecule has 0 radical (unpaired) electrons. The third kappa shape index (κ3) is 5.35. The highest BCUT2D eigenvalue weighted by Crippen LogP contribution is 2.16. The number of ether oxygens (including phenoxy) is 1. The Balaban J connectivity index is 2.75. The molecule has 1 aromatic rings. The number of carboxylic acids is 1. The predicted octanol–water partition coefficient (Wildman–Crippen LogP) is 1.31. The minimum Gasteiger partial charge on any atom is -0.480 e. The summed E-state index contributed by atoms with van der Waals surface area (Å²) < 4.78 is 5.13. The van der Waals surface area contributed by atoms with E-state index in [9.17, 15) is 14.4 Å². The third-order valence-corrected chi connectivity index (χ3v) is 2.98. The lowest BCUT2D eigenvalue weighted by Gasteiger charge is -2.19. The zero-order chi connectivity index (χ0) is 15.8. The predicted molar refractivity (Wildman–Crippen MR) is 75.7 cm³/mol. The number of benzene rings is 1. The molecule has 2 N–H and O–H groups in total. The highest BCUT2D eigenvalue weighted by Gasteiger charge is 2.26. The molecule has 0 spiro atoms. The molecule has 0 aliphatic carbocycles. The number of methoxy groups -OCH3 is 1. The molecule has 0 unspecified atom stereocenters. The number of carbonyl (C=O) groups excluding carboxylic acids is 2. The van der Waals surface area contributed by atoms with Gasteiger partial charge in [0.05, 0.1) is 0 Å². The number of amides is 1. The van der Waals surface area contributed by atoms with Crippen LogP contribution in [0.15, 0.2) is 30.3 Å². The molecule has 0 fully saturated rings. The van der Waals surface area contributed by atoms with Gasteiger partial charge in [0.15, 0.2) is 6.10 Å². The second-order valence-corrected chi connectivity index (χ2v) is 4.67. The first-order valence-electron chi connectivity index (χ1n) is 6.56. The fourth-order valence-electron chi connectivity index (χ4n) is 1.87. The number of rotatable bonds is 8. The number of aliphatic carboxylic acids is 1. The Morgan fingerprint density at radius 3 is 2.33 bits per heavy atom. The maximum absolute atomic E-state index is 12.1. The van der Waals surface area contributed by atoms with Gasteiger partial charge in [-0.05, 0) is 18.9 Å². The number of carboxylic acid groups (broad SMARTS) is 1. The van der Waals surface area contributed by atoms with Crippen molar-refractivity contribution < 1.29 is 24.2 Å². The Morgan fingerprint density at radius 1 is 1.24 bits per heavy atom. The second kappa shape index (κ2) is 8.16. The lowest BCUT2D eigenvalue weighted by molar-refractivity contribution is -0.144. The molecular weight excluding hydrogens is 274 g/mol. The number of nitrogens with one attached hydrogen (secondary N) is 1. The van der Waals surface area contributed by atoms with Gasteiger partial charge >= 0.3 is 5.97 Å². The smallest absolute Gasteiger partial charge is 0.326 e. The van der Waals surface area contributed by atoms with Gasteiger partial charge in [0.1, 0.15) is 11.8 Å². The molecule has 6 heteroatoms. The van der Waals surface area contributed by atoms with Crippen LogP contribution < -0.4 is 5.32 Å². The molecule has 114 valence electrons. The molecule has 0 heterocycles. The normalized spacial score (nSPS) is 13.2. The molecule has 0 aliphatic heterocycles. The Labute approximate surface area is 123 Å². The molecule has 1 aromatic carbocycles. The topological polar surface area (TPSA) is 92.7 Å². The van der Waals surface area contributed by atoms with E-state index in [0.717, 1.165) is 0 Å². The number of Topliss-reactive ketones (excluding diaryl/α,β-unsaturated/α-hetero) is 1. The monoisotopic (exact) mass is 293 g/mol. The van der Waals surface area contributed by atoms with Crippen molar-refractivity contribution in [2.75, 3.05) is 7.11 Å². The maximum Gasteiger partial charge on any atom is 0.326 e. The minimum absolute atomic E-state index is 0.0572. The van der Waals surface area contributed by atoms with Crippen molar-refractivity contribution in [3.8, 4) is 0 Å². The first-order chi connectivity index (χ1) is 9.95. The quantitative estimate of drug-likeness (QED) is 0.754. The van der Waals surface area contributed by atoms with Crippen LogP contribution in [0.1, 0.15) is 31.4 Å². The lowest BCUT2D eigenvalue weighted by atomic mass is 10.1. The molecule has 0 aliphatic rings. The van der Waals surface area contributed by atoms with Crippen molar-refractivity contribution in [3.05, 3.63) is 35.9 Å². The fourth-order valence-corrected chi connectivity index (χ4v) is 1.87. The van der Waals surface area contributed by atoms with E-state index in [1.807, 2.05) is 0 Å². The average molecular weight is 293 g/mol. The third-order valence-electron chi connectivity index (χ3n) is 2.98. The van der Waals surface area contributed by atoms with Crippen molar-refractivity contribution in [1.29, 1.82) is 0 Å². The Morgan fingerprint density at radius 2 is 1.86 bits per heavy atom. The average Bonchev–Trinajstić information content (AvgIpc) is 2.44. The van der Waals surface area contributed by atoms with Gasteiger partial charge < -0.3 is 20.0 Å². The Bertz CT molecular complexity index is 500. The van der Waals surface area contributed by atoms with E-state index in [0.29, 0.717) is 5.56 Å². The summed E-state index contributed by atoms with van der Waals surface area (Å²) in [5.74, 6) is -1.84.